The van der Waals surface area contributed by atoms with E-state index in [4.69, 9.17) is 11.6 Å². The van der Waals surface area contributed by atoms with Crippen LogP contribution in [0.3, 0.4) is 0 Å². The number of amides is 1. The molecule has 1 saturated heterocycles. The van der Waals surface area contributed by atoms with Gasteiger partial charge in [-0.15, -0.1) is 0 Å². The normalized spacial score (nSPS) is 17.8. The highest BCUT2D eigenvalue weighted by Gasteiger charge is 2.24. The van der Waals surface area contributed by atoms with Gasteiger partial charge in [0, 0.05) is 11.8 Å². The summed E-state index contributed by atoms with van der Waals surface area (Å²) in [6.45, 7) is 0. The lowest BCUT2D eigenvalue weighted by Gasteiger charge is -2.20. The van der Waals surface area contributed by atoms with Crippen LogP contribution < -0.4 is 5.32 Å². The van der Waals surface area contributed by atoms with Crippen LogP contribution in [-0.4, -0.2) is 45.5 Å². The highest BCUT2D eigenvalue weighted by Crippen LogP contribution is 2.28. The predicted octanol–water partition coefficient (Wildman–Crippen LogP) is 3.05. The molecule has 0 unspecified atom stereocenters. The maximum Gasteiger partial charge on any atom is 0.257 e. The largest absolute Gasteiger partial charge is 0.298 e. The van der Waals surface area contributed by atoms with Gasteiger partial charge in [-0.25, -0.2) is 21.8 Å². The fraction of sp³-hybridized carbons (Fsp3) is 0.333. The molecule has 11 heteroatoms. The van der Waals surface area contributed by atoms with E-state index in [1.807, 2.05) is 0 Å². The van der Waals surface area contributed by atoms with Crippen LogP contribution in [0, 0.1) is 5.92 Å². The summed E-state index contributed by atoms with van der Waals surface area (Å²) in [6, 6.07) is 6.02. The smallest absolute Gasteiger partial charge is 0.257 e. The molecule has 0 saturated carbocycles. The summed E-state index contributed by atoms with van der Waals surface area (Å²) in [7, 11) is -6.38. The van der Waals surface area contributed by atoms with Gasteiger partial charge in [0.25, 0.3) is 5.91 Å². The summed E-state index contributed by atoms with van der Waals surface area (Å²) >= 11 is 6.98. The van der Waals surface area contributed by atoms with Crippen LogP contribution in [0.5, 0.6) is 0 Å². The quantitative estimate of drug-likeness (QED) is 0.667. The average Bonchev–Trinajstić information content (AvgIpc) is 3.05. The molecule has 0 aliphatic carbocycles. The second-order valence-electron chi connectivity index (χ2n) is 6.79. The van der Waals surface area contributed by atoms with E-state index in [0.29, 0.717) is 33.4 Å². The topological polar surface area (TPSA) is 110 Å². The number of nitrogens with zero attached hydrogens (tertiary/aromatic N) is 1. The number of benzene rings is 1. The number of sulfone groups is 2. The molecule has 1 aromatic carbocycles. The van der Waals surface area contributed by atoms with Gasteiger partial charge in [0.05, 0.1) is 22.6 Å². The molecule has 0 atom stereocenters. The van der Waals surface area contributed by atoms with Crippen molar-refractivity contribution in [1.82, 2.24) is 4.98 Å². The van der Waals surface area contributed by atoms with E-state index in [0.717, 1.165) is 17.6 Å². The molecule has 2 aromatic rings. The number of halogens is 1. The van der Waals surface area contributed by atoms with Gasteiger partial charge in [0.2, 0.25) is 0 Å². The molecule has 1 aliphatic heterocycles. The van der Waals surface area contributed by atoms with Crippen molar-refractivity contribution in [2.45, 2.75) is 17.7 Å². The SMILES string of the molecule is CS(=O)(=O)c1ccc(C(=CC2CCS(=O)(=O)CC2)C(=O)Nc2ncc(Cl)s2)cc1. The van der Waals surface area contributed by atoms with Crippen LogP contribution >= 0.6 is 22.9 Å². The van der Waals surface area contributed by atoms with E-state index in [-0.39, 0.29) is 22.3 Å². The third-order valence-corrected chi connectivity index (χ3v) is 8.41. The number of anilines is 1. The molecule has 1 amide bonds. The van der Waals surface area contributed by atoms with Crippen LogP contribution in [0.4, 0.5) is 5.13 Å². The van der Waals surface area contributed by atoms with Gasteiger partial charge in [-0.05, 0) is 36.5 Å². The standard InChI is InChI=1S/C18H19ClN2O5S3/c1-28(23,24)14-4-2-13(3-5-14)15(10-12-6-8-29(25,26)9-7-12)17(22)21-18-20-11-16(19)27-18/h2-5,10-12H,6-9H2,1H3,(H,20,21,22). The molecule has 0 spiro atoms. The van der Waals surface area contributed by atoms with Crippen molar-refractivity contribution in [2.75, 3.05) is 23.1 Å². The van der Waals surface area contributed by atoms with Crippen LogP contribution in [-0.2, 0) is 24.5 Å². The first kappa shape index (κ1) is 21.9. The molecule has 0 bridgehead atoms. The van der Waals surface area contributed by atoms with Gasteiger partial charge in [-0.3, -0.25) is 10.1 Å². The third-order valence-electron chi connectivity index (χ3n) is 4.54. The third kappa shape index (κ3) is 5.88. The van der Waals surface area contributed by atoms with Gasteiger partial charge in [-0.2, -0.15) is 0 Å². The number of hydrogen-bond acceptors (Lipinski definition) is 7. The Morgan fingerprint density at radius 2 is 1.86 bits per heavy atom. The van der Waals surface area contributed by atoms with Crippen molar-refractivity contribution in [1.29, 1.82) is 0 Å². The number of hydrogen-bond donors (Lipinski definition) is 1. The lowest BCUT2D eigenvalue weighted by Crippen LogP contribution is -2.23. The highest BCUT2D eigenvalue weighted by atomic mass is 35.5. The highest BCUT2D eigenvalue weighted by molar-refractivity contribution is 7.91. The van der Waals surface area contributed by atoms with Gasteiger partial charge in [-0.1, -0.05) is 41.1 Å². The Morgan fingerprint density at radius 3 is 2.38 bits per heavy atom. The zero-order chi connectivity index (χ0) is 21.2. The molecular formula is C18H19ClN2O5S3. The van der Waals surface area contributed by atoms with Crippen LogP contribution in [0.1, 0.15) is 18.4 Å². The molecule has 3 rings (SSSR count). The first-order valence-corrected chi connectivity index (χ1v) is 13.6. The maximum absolute atomic E-state index is 12.9. The van der Waals surface area contributed by atoms with Crippen molar-refractivity contribution in [3.8, 4) is 0 Å². The van der Waals surface area contributed by atoms with E-state index in [2.05, 4.69) is 10.3 Å². The van der Waals surface area contributed by atoms with E-state index in [1.165, 1.54) is 18.3 Å². The Morgan fingerprint density at radius 1 is 1.24 bits per heavy atom. The molecule has 1 aromatic heterocycles. The van der Waals surface area contributed by atoms with Crippen molar-refractivity contribution in [3.63, 3.8) is 0 Å². The molecular weight excluding hydrogens is 456 g/mol. The number of thiazole rings is 1. The number of carbonyl (C=O) groups is 1. The van der Waals surface area contributed by atoms with E-state index < -0.39 is 25.6 Å². The second-order valence-corrected chi connectivity index (χ2v) is 12.8. The fourth-order valence-electron chi connectivity index (χ4n) is 2.97. The maximum atomic E-state index is 12.9. The molecule has 156 valence electrons. The van der Waals surface area contributed by atoms with Gasteiger partial charge in [0.15, 0.2) is 15.0 Å². The Hall–Kier alpha value is -1.75. The summed E-state index contributed by atoms with van der Waals surface area (Å²) in [4.78, 5) is 17.1. The monoisotopic (exact) mass is 474 g/mol. The summed E-state index contributed by atoms with van der Waals surface area (Å²) in [5.74, 6) is -0.332. The fourth-order valence-corrected chi connectivity index (χ4v) is 5.94. The van der Waals surface area contributed by atoms with Gasteiger partial charge in [0.1, 0.15) is 14.2 Å². The Bertz CT molecular complexity index is 1140. The molecule has 2 heterocycles. The zero-order valence-electron chi connectivity index (χ0n) is 15.5. The van der Waals surface area contributed by atoms with Crippen LogP contribution in [0.2, 0.25) is 4.34 Å². The number of allylic oxidation sites excluding steroid dienone is 1. The van der Waals surface area contributed by atoms with Crippen molar-refractivity contribution < 1.29 is 21.6 Å². The van der Waals surface area contributed by atoms with E-state index >= 15 is 0 Å². The van der Waals surface area contributed by atoms with Gasteiger partial charge >= 0.3 is 0 Å². The summed E-state index contributed by atoms with van der Waals surface area (Å²) in [6.07, 6.45) is 5.17. The van der Waals surface area contributed by atoms with Crippen LogP contribution in [0.25, 0.3) is 5.57 Å². The molecule has 1 N–H and O–H groups in total. The first-order valence-electron chi connectivity index (χ1n) is 8.69. The molecule has 1 fully saturated rings. The molecule has 1 aliphatic rings. The summed E-state index contributed by atoms with van der Waals surface area (Å²) in [5.41, 5.74) is 0.867. The molecule has 29 heavy (non-hydrogen) atoms. The Labute approximate surface area is 178 Å². The predicted molar refractivity (Wildman–Crippen MR) is 115 cm³/mol. The minimum absolute atomic E-state index is 0.0752. The van der Waals surface area contributed by atoms with Crippen molar-refractivity contribution >= 4 is 59.2 Å². The average molecular weight is 475 g/mol. The molecule has 7 nitrogen and oxygen atoms in total. The number of rotatable bonds is 5. The van der Waals surface area contributed by atoms with E-state index in [1.54, 1.807) is 18.2 Å². The van der Waals surface area contributed by atoms with Crippen molar-refractivity contribution in [3.05, 3.63) is 46.4 Å². The first-order chi connectivity index (χ1) is 13.5. The zero-order valence-corrected chi connectivity index (χ0v) is 18.7. The lowest BCUT2D eigenvalue weighted by molar-refractivity contribution is -0.111. The lowest BCUT2D eigenvalue weighted by atomic mass is 9.95. The second kappa shape index (κ2) is 8.55. The number of nitrogens with one attached hydrogen (secondary N) is 1. The summed E-state index contributed by atoms with van der Waals surface area (Å²) in [5, 5.41) is 3.03. The van der Waals surface area contributed by atoms with E-state index in [9.17, 15) is 21.6 Å². The minimum Gasteiger partial charge on any atom is -0.298 e. The Kier molecular flexibility index (Phi) is 6.47. The van der Waals surface area contributed by atoms with Crippen molar-refractivity contribution in [2.24, 2.45) is 5.92 Å². The van der Waals surface area contributed by atoms with Crippen LogP contribution in [0.15, 0.2) is 41.4 Å². The summed E-state index contributed by atoms with van der Waals surface area (Å²) < 4.78 is 47.2. The van der Waals surface area contributed by atoms with Gasteiger partial charge < -0.3 is 0 Å². The number of aromatic nitrogens is 1. The molecule has 0 radical (unpaired) electrons. The number of carbonyl (C=O) groups excluding carboxylic acids is 1. The minimum atomic E-state index is -3.36. The Balaban J connectivity index is 1.92.